The monoisotopic (exact) mass is 436 g/mol. The summed E-state index contributed by atoms with van der Waals surface area (Å²) >= 11 is 1.09. The van der Waals surface area contributed by atoms with Gasteiger partial charge < -0.3 is 14.2 Å². The van der Waals surface area contributed by atoms with Crippen molar-refractivity contribution in [2.75, 3.05) is 44.7 Å². The maximum absolute atomic E-state index is 12.9. The molecule has 1 N–H and O–H groups in total. The molecular formula is C21H23F3N4OS. The first-order valence-electron chi connectivity index (χ1n) is 9.72. The van der Waals surface area contributed by atoms with Crippen LogP contribution in [-0.2, 0) is 12.7 Å². The molecule has 0 radical (unpaired) electrons. The van der Waals surface area contributed by atoms with Crippen LogP contribution >= 0.6 is 11.3 Å². The van der Waals surface area contributed by atoms with Gasteiger partial charge in [-0.3, -0.25) is 10.3 Å². The molecule has 2 aromatic carbocycles. The van der Waals surface area contributed by atoms with Crippen LogP contribution in [0.25, 0.3) is 10.2 Å². The van der Waals surface area contributed by atoms with E-state index < -0.39 is 11.7 Å². The number of methoxy groups -OCH3 is 1. The number of anilines is 1. The minimum absolute atomic E-state index is 0.279. The molecular weight excluding hydrogens is 413 g/mol. The zero-order valence-electron chi connectivity index (χ0n) is 16.6. The second-order valence-electron chi connectivity index (χ2n) is 7.27. The summed E-state index contributed by atoms with van der Waals surface area (Å²) in [5, 5.41) is 8.18. The average molecular weight is 437 g/mol. The number of aromatic nitrogens is 1. The van der Waals surface area contributed by atoms with E-state index in [0.717, 1.165) is 61.9 Å². The lowest BCUT2D eigenvalue weighted by molar-refractivity contribution is -0.137. The van der Waals surface area contributed by atoms with E-state index in [-0.39, 0.29) is 4.80 Å². The summed E-state index contributed by atoms with van der Waals surface area (Å²) in [6.45, 7) is 4.97. The Bertz CT molecular complexity index is 1070. The SMILES string of the molecule is COc1ccc(N2CCN(CCn3c(=N)sc4cc(C(F)(F)F)ccc43)CC2)cc1. The molecule has 160 valence electrons. The van der Waals surface area contributed by atoms with Gasteiger partial charge in [0.2, 0.25) is 0 Å². The van der Waals surface area contributed by atoms with Crippen LogP contribution in [0.2, 0.25) is 0 Å². The van der Waals surface area contributed by atoms with E-state index in [1.807, 2.05) is 12.1 Å². The predicted molar refractivity (Wildman–Crippen MR) is 112 cm³/mol. The Morgan fingerprint density at radius 2 is 1.70 bits per heavy atom. The van der Waals surface area contributed by atoms with E-state index in [1.54, 1.807) is 11.7 Å². The minimum Gasteiger partial charge on any atom is -0.497 e. The van der Waals surface area contributed by atoms with Crippen molar-refractivity contribution in [1.82, 2.24) is 9.47 Å². The van der Waals surface area contributed by atoms with Gasteiger partial charge in [0, 0.05) is 45.0 Å². The number of benzene rings is 2. The molecule has 0 bridgehead atoms. The van der Waals surface area contributed by atoms with E-state index in [2.05, 4.69) is 21.9 Å². The van der Waals surface area contributed by atoms with Gasteiger partial charge in [0.05, 0.1) is 22.9 Å². The summed E-state index contributed by atoms with van der Waals surface area (Å²) in [6, 6.07) is 11.8. The van der Waals surface area contributed by atoms with Crippen molar-refractivity contribution in [1.29, 1.82) is 5.41 Å². The van der Waals surface area contributed by atoms with Crippen molar-refractivity contribution in [2.24, 2.45) is 0 Å². The van der Waals surface area contributed by atoms with E-state index in [9.17, 15) is 13.2 Å². The molecule has 1 aromatic heterocycles. The Hall–Kier alpha value is -2.52. The lowest BCUT2D eigenvalue weighted by Gasteiger charge is -2.36. The summed E-state index contributed by atoms with van der Waals surface area (Å²) in [4.78, 5) is 4.94. The third-order valence-electron chi connectivity index (χ3n) is 5.48. The summed E-state index contributed by atoms with van der Waals surface area (Å²) in [5.74, 6) is 0.839. The van der Waals surface area contributed by atoms with Gasteiger partial charge in [-0.2, -0.15) is 13.2 Å². The Balaban J connectivity index is 1.38. The normalized spacial score (nSPS) is 15.7. The fourth-order valence-corrected chi connectivity index (χ4v) is 4.73. The van der Waals surface area contributed by atoms with Crippen LogP contribution < -0.4 is 14.4 Å². The molecule has 30 heavy (non-hydrogen) atoms. The third kappa shape index (κ3) is 4.32. The van der Waals surface area contributed by atoms with E-state index in [0.29, 0.717) is 16.8 Å². The van der Waals surface area contributed by atoms with Crippen LogP contribution in [0, 0.1) is 5.41 Å². The van der Waals surface area contributed by atoms with Crippen LogP contribution in [0.3, 0.4) is 0 Å². The van der Waals surface area contributed by atoms with Gasteiger partial charge in [0.1, 0.15) is 5.75 Å². The molecule has 2 heterocycles. The summed E-state index contributed by atoms with van der Waals surface area (Å²) < 4.78 is 46.3. The van der Waals surface area contributed by atoms with Crippen LogP contribution in [0.15, 0.2) is 42.5 Å². The van der Waals surface area contributed by atoms with Crippen LogP contribution in [0.4, 0.5) is 18.9 Å². The van der Waals surface area contributed by atoms with Crippen LogP contribution in [0.5, 0.6) is 5.75 Å². The van der Waals surface area contributed by atoms with Gasteiger partial charge in [-0.15, -0.1) is 0 Å². The maximum Gasteiger partial charge on any atom is 0.416 e. The number of thiazole rings is 1. The van der Waals surface area contributed by atoms with Crippen molar-refractivity contribution < 1.29 is 17.9 Å². The van der Waals surface area contributed by atoms with Gasteiger partial charge in [0.25, 0.3) is 0 Å². The van der Waals surface area contributed by atoms with E-state index in [1.165, 1.54) is 11.8 Å². The minimum atomic E-state index is -4.37. The molecule has 0 unspecified atom stereocenters. The maximum atomic E-state index is 12.9. The summed E-state index contributed by atoms with van der Waals surface area (Å²) in [6.07, 6.45) is -4.37. The number of halogens is 3. The Kier molecular flexibility index (Phi) is 5.75. The second kappa shape index (κ2) is 8.31. The first kappa shape index (κ1) is 20.7. The zero-order chi connectivity index (χ0) is 21.3. The number of nitrogens with one attached hydrogen (secondary N) is 1. The Morgan fingerprint density at radius 1 is 1.00 bits per heavy atom. The number of alkyl halides is 3. The van der Waals surface area contributed by atoms with Gasteiger partial charge in [-0.05, 0) is 42.5 Å². The zero-order valence-corrected chi connectivity index (χ0v) is 17.4. The molecule has 0 amide bonds. The molecule has 9 heteroatoms. The fraction of sp³-hybridized carbons (Fsp3) is 0.381. The molecule has 1 saturated heterocycles. The quantitative estimate of drug-likeness (QED) is 0.657. The molecule has 0 spiro atoms. The highest BCUT2D eigenvalue weighted by molar-refractivity contribution is 7.16. The number of piperazine rings is 1. The van der Waals surface area contributed by atoms with Crippen molar-refractivity contribution in [3.05, 3.63) is 52.8 Å². The number of ether oxygens (including phenoxy) is 1. The second-order valence-corrected chi connectivity index (χ2v) is 8.30. The highest BCUT2D eigenvalue weighted by Gasteiger charge is 2.30. The molecule has 4 rings (SSSR count). The summed E-state index contributed by atoms with van der Waals surface area (Å²) in [5.41, 5.74) is 1.19. The summed E-state index contributed by atoms with van der Waals surface area (Å²) in [7, 11) is 1.65. The average Bonchev–Trinajstić information content (AvgIpc) is 3.06. The van der Waals surface area contributed by atoms with Crippen LogP contribution in [-0.4, -0.2) is 49.3 Å². The van der Waals surface area contributed by atoms with Crippen molar-refractivity contribution in [3.63, 3.8) is 0 Å². The topological polar surface area (TPSA) is 44.5 Å². The molecule has 1 aliphatic rings. The van der Waals surface area contributed by atoms with Crippen molar-refractivity contribution in [2.45, 2.75) is 12.7 Å². The number of hydrogen-bond donors (Lipinski definition) is 1. The standard InChI is InChI=1S/C21H23F3N4OS/c1-29-17-5-3-16(4-6-17)27-11-8-26(9-12-27)10-13-28-18-7-2-15(21(22,23)24)14-19(18)30-20(28)25/h2-7,14,25H,8-13H2,1H3. The third-order valence-corrected chi connectivity index (χ3v) is 6.44. The van der Waals surface area contributed by atoms with Gasteiger partial charge in [-0.1, -0.05) is 11.3 Å². The lowest BCUT2D eigenvalue weighted by atomic mass is 10.2. The molecule has 1 aliphatic heterocycles. The highest BCUT2D eigenvalue weighted by Crippen LogP contribution is 2.32. The number of rotatable bonds is 5. The smallest absolute Gasteiger partial charge is 0.416 e. The number of nitrogens with zero attached hydrogens (tertiary/aromatic N) is 3. The van der Waals surface area contributed by atoms with Crippen molar-refractivity contribution in [3.8, 4) is 5.75 Å². The molecule has 0 atom stereocenters. The fourth-order valence-electron chi connectivity index (χ4n) is 3.75. The van der Waals surface area contributed by atoms with E-state index in [4.69, 9.17) is 10.1 Å². The Labute approximate surface area is 176 Å². The number of fused-ring (bicyclic) bond motifs is 1. The van der Waals surface area contributed by atoms with Gasteiger partial charge in [-0.25, -0.2) is 0 Å². The van der Waals surface area contributed by atoms with Gasteiger partial charge in [0.15, 0.2) is 4.80 Å². The predicted octanol–water partition coefficient (Wildman–Crippen LogP) is 4.03. The largest absolute Gasteiger partial charge is 0.497 e. The number of hydrogen-bond acceptors (Lipinski definition) is 5. The van der Waals surface area contributed by atoms with Crippen molar-refractivity contribution >= 4 is 27.2 Å². The molecule has 0 aliphatic carbocycles. The molecule has 0 saturated carbocycles. The van der Waals surface area contributed by atoms with Gasteiger partial charge >= 0.3 is 6.18 Å². The molecule has 5 nitrogen and oxygen atoms in total. The molecule has 1 fully saturated rings. The van der Waals surface area contributed by atoms with E-state index >= 15 is 0 Å². The lowest BCUT2D eigenvalue weighted by Crippen LogP contribution is -2.47. The molecule has 3 aromatic rings. The Morgan fingerprint density at radius 3 is 2.33 bits per heavy atom. The van der Waals surface area contributed by atoms with Crippen LogP contribution in [0.1, 0.15) is 5.56 Å². The first-order valence-corrected chi connectivity index (χ1v) is 10.5. The highest BCUT2D eigenvalue weighted by atomic mass is 32.1. The first-order chi connectivity index (χ1) is 14.3.